The maximum atomic E-state index is 14.0. The topological polar surface area (TPSA) is 67.2 Å². The number of halogens is 6. The van der Waals surface area contributed by atoms with Gasteiger partial charge in [0.15, 0.2) is 5.82 Å². The van der Waals surface area contributed by atoms with Gasteiger partial charge in [0.1, 0.15) is 0 Å². The van der Waals surface area contributed by atoms with Gasteiger partial charge < -0.3 is 14.4 Å². The molecule has 0 saturated carbocycles. The zero-order chi connectivity index (χ0) is 26.6. The summed E-state index contributed by atoms with van der Waals surface area (Å²) in [5.74, 6) is -1.73. The van der Waals surface area contributed by atoms with Crippen LogP contribution in [-0.4, -0.2) is 50.2 Å². The average molecular weight is 543 g/mol. The maximum absolute atomic E-state index is 14.0. The molecule has 3 aromatic rings. The van der Waals surface area contributed by atoms with Crippen LogP contribution in [0, 0.1) is 18.8 Å². The van der Waals surface area contributed by atoms with Crippen LogP contribution in [0.5, 0.6) is 0 Å². The van der Waals surface area contributed by atoms with Crippen molar-refractivity contribution in [2.24, 2.45) is 11.8 Å². The lowest BCUT2D eigenvalue weighted by Gasteiger charge is -2.41. The first kappa shape index (κ1) is 25.6. The highest BCUT2D eigenvalue weighted by Gasteiger charge is 2.41. The molecule has 1 amide bonds. The molecule has 7 nitrogen and oxygen atoms in total. The minimum absolute atomic E-state index is 0.0429. The summed E-state index contributed by atoms with van der Waals surface area (Å²) in [7, 11) is 0. The third-order valence-corrected chi connectivity index (χ3v) is 7.73. The molecule has 5 rings (SSSR count). The number of benzene rings is 1. The Bertz CT molecular complexity index is 1360. The fraction of sp³-hybridized carbons (Fsp3) is 0.500. The van der Waals surface area contributed by atoms with Gasteiger partial charge in [0, 0.05) is 48.7 Å². The SMILES string of the molecule is Cc1c(Cl)ccc2c(N3CC[C@H](C(=O)N4CCn5c(nnc5C(F)(F)F)C4)[C@H](C)C3)c(C(F)F)cnc12. The molecule has 198 valence electrons. The molecule has 1 saturated heterocycles. The first-order chi connectivity index (χ1) is 17.5. The van der Waals surface area contributed by atoms with Crippen molar-refractivity contribution in [1.82, 2.24) is 24.6 Å². The van der Waals surface area contributed by atoms with E-state index in [1.807, 2.05) is 11.8 Å². The van der Waals surface area contributed by atoms with Gasteiger partial charge in [0.05, 0.1) is 23.3 Å². The van der Waals surface area contributed by atoms with Gasteiger partial charge in [0.2, 0.25) is 11.7 Å². The van der Waals surface area contributed by atoms with E-state index in [-0.39, 0.29) is 42.8 Å². The van der Waals surface area contributed by atoms with Crippen molar-refractivity contribution in [2.75, 3.05) is 24.5 Å². The number of piperidine rings is 1. The zero-order valence-electron chi connectivity index (χ0n) is 20.1. The summed E-state index contributed by atoms with van der Waals surface area (Å²) < 4.78 is 68.4. The van der Waals surface area contributed by atoms with Crippen molar-refractivity contribution in [1.29, 1.82) is 0 Å². The zero-order valence-corrected chi connectivity index (χ0v) is 20.8. The lowest BCUT2D eigenvalue weighted by Crippen LogP contribution is -2.49. The second-order valence-corrected chi connectivity index (χ2v) is 10.0. The summed E-state index contributed by atoms with van der Waals surface area (Å²) in [6.45, 7) is 4.41. The van der Waals surface area contributed by atoms with Crippen molar-refractivity contribution in [3.8, 4) is 0 Å². The quantitative estimate of drug-likeness (QED) is 0.423. The van der Waals surface area contributed by atoms with Gasteiger partial charge in [0.25, 0.3) is 6.43 Å². The number of hydrogen-bond donors (Lipinski definition) is 0. The number of fused-ring (bicyclic) bond motifs is 2. The van der Waals surface area contributed by atoms with E-state index < -0.39 is 24.3 Å². The van der Waals surface area contributed by atoms with E-state index in [9.17, 15) is 26.7 Å². The summed E-state index contributed by atoms with van der Waals surface area (Å²) >= 11 is 6.22. The van der Waals surface area contributed by atoms with Crippen LogP contribution < -0.4 is 4.90 Å². The average Bonchev–Trinajstić information content (AvgIpc) is 3.29. The molecule has 2 aliphatic rings. The fourth-order valence-corrected chi connectivity index (χ4v) is 5.55. The van der Waals surface area contributed by atoms with Gasteiger partial charge in [-0.15, -0.1) is 10.2 Å². The van der Waals surface area contributed by atoms with E-state index in [1.54, 1.807) is 19.1 Å². The second kappa shape index (κ2) is 9.38. The van der Waals surface area contributed by atoms with Gasteiger partial charge in [-0.1, -0.05) is 18.5 Å². The second-order valence-electron chi connectivity index (χ2n) is 9.60. The molecule has 2 aliphatic heterocycles. The standard InChI is InChI=1S/C24H24ClF5N6O/c1-12-10-34(20-15-3-4-17(25)13(2)19(15)31-9-16(20)21(26)27)6-5-14(12)22(37)35-7-8-36-18(11-35)32-33-23(36)24(28,29)30/h3-4,9,12,14,21H,5-8,10-11H2,1-2H3/t12-,14+/m1/s1. The summed E-state index contributed by atoms with van der Waals surface area (Å²) in [5.41, 5.74) is 1.46. The summed E-state index contributed by atoms with van der Waals surface area (Å²) in [5, 5.41) is 7.98. The van der Waals surface area contributed by atoms with Crippen molar-refractivity contribution in [3.05, 3.63) is 46.1 Å². The molecule has 0 aliphatic carbocycles. The predicted molar refractivity (Wildman–Crippen MR) is 126 cm³/mol. The molecular weight excluding hydrogens is 519 g/mol. The van der Waals surface area contributed by atoms with Crippen molar-refractivity contribution >= 4 is 34.1 Å². The largest absolute Gasteiger partial charge is 0.451 e. The van der Waals surface area contributed by atoms with Gasteiger partial charge in [-0.25, -0.2) is 8.78 Å². The Morgan fingerprint density at radius 3 is 2.59 bits per heavy atom. The summed E-state index contributed by atoms with van der Waals surface area (Å²) in [6, 6.07) is 3.36. The molecular formula is C24H24ClF5N6O. The number of carbonyl (C=O) groups excluding carboxylic acids is 1. The minimum Gasteiger partial charge on any atom is -0.370 e. The van der Waals surface area contributed by atoms with Crippen LogP contribution in [0.25, 0.3) is 10.9 Å². The molecule has 13 heteroatoms. The van der Waals surface area contributed by atoms with Crippen LogP contribution >= 0.6 is 11.6 Å². The molecule has 2 atom stereocenters. The number of amides is 1. The fourth-order valence-electron chi connectivity index (χ4n) is 5.40. The number of nitrogens with zero attached hydrogens (tertiary/aromatic N) is 6. The smallest absolute Gasteiger partial charge is 0.370 e. The Morgan fingerprint density at radius 1 is 1.16 bits per heavy atom. The Balaban J connectivity index is 1.36. The molecule has 0 bridgehead atoms. The number of hydrogen-bond acceptors (Lipinski definition) is 5. The van der Waals surface area contributed by atoms with E-state index in [0.717, 1.165) is 4.57 Å². The summed E-state index contributed by atoms with van der Waals surface area (Å²) in [4.78, 5) is 21.0. The molecule has 4 heterocycles. The van der Waals surface area contributed by atoms with Gasteiger partial charge in [-0.05, 0) is 37.0 Å². The van der Waals surface area contributed by atoms with Gasteiger partial charge in [-0.3, -0.25) is 9.78 Å². The van der Waals surface area contributed by atoms with E-state index in [2.05, 4.69) is 15.2 Å². The van der Waals surface area contributed by atoms with Crippen LogP contribution in [-0.2, 0) is 24.1 Å². The van der Waals surface area contributed by atoms with Crippen LogP contribution in [0.4, 0.5) is 27.6 Å². The molecule has 0 N–H and O–H groups in total. The van der Waals surface area contributed by atoms with E-state index in [4.69, 9.17) is 11.6 Å². The summed E-state index contributed by atoms with van der Waals surface area (Å²) in [6.07, 6.45) is -5.75. The number of alkyl halides is 5. The maximum Gasteiger partial charge on any atom is 0.451 e. The number of carbonyl (C=O) groups is 1. The minimum atomic E-state index is -4.61. The number of aryl methyl sites for hydroxylation is 1. The monoisotopic (exact) mass is 542 g/mol. The lowest BCUT2D eigenvalue weighted by molar-refractivity contribution is -0.148. The van der Waals surface area contributed by atoms with Crippen LogP contribution in [0.3, 0.4) is 0 Å². The molecule has 0 spiro atoms. The van der Waals surface area contributed by atoms with Crippen molar-refractivity contribution < 1.29 is 26.7 Å². The first-order valence-electron chi connectivity index (χ1n) is 11.9. The Labute approximate surface area is 214 Å². The molecule has 0 unspecified atom stereocenters. The Hall–Kier alpha value is -3.02. The van der Waals surface area contributed by atoms with Crippen molar-refractivity contribution in [3.63, 3.8) is 0 Å². The number of anilines is 1. The molecule has 1 fully saturated rings. The number of pyridine rings is 1. The molecule has 37 heavy (non-hydrogen) atoms. The van der Waals surface area contributed by atoms with E-state index in [0.29, 0.717) is 46.7 Å². The molecule has 0 radical (unpaired) electrons. The number of aromatic nitrogens is 4. The molecule has 2 aromatic heterocycles. The van der Waals surface area contributed by atoms with E-state index in [1.165, 1.54) is 11.1 Å². The highest BCUT2D eigenvalue weighted by Crippen LogP contribution is 2.40. The predicted octanol–water partition coefficient (Wildman–Crippen LogP) is 5.25. The highest BCUT2D eigenvalue weighted by atomic mass is 35.5. The van der Waals surface area contributed by atoms with Crippen molar-refractivity contribution in [2.45, 2.75) is 46.0 Å². The number of rotatable bonds is 3. The van der Waals surface area contributed by atoms with Crippen LogP contribution in [0.15, 0.2) is 18.3 Å². The lowest BCUT2D eigenvalue weighted by atomic mass is 9.85. The first-order valence-corrected chi connectivity index (χ1v) is 12.2. The Morgan fingerprint density at radius 2 is 1.92 bits per heavy atom. The van der Waals surface area contributed by atoms with Gasteiger partial charge >= 0.3 is 6.18 Å². The third-order valence-electron chi connectivity index (χ3n) is 7.32. The van der Waals surface area contributed by atoms with Gasteiger partial charge in [-0.2, -0.15) is 13.2 Å². The molecule has 1 aromatic carbocycles. The Kier molecular flexibility index (Phi) is 6.49. The normalized spacial score (nSPS) is 20.6. The van der Waals surface area contributed by atoms with Crippen LogP contribution in [0.1, 0.15) is 42.5 Å². The van der Waals surface area contributed by atoms with Crippen LogP contribution in [0.2, 0.25) is 5.02 Å². The van der Waals surface area contributed by atoms with E-state index >= 15 is 0 Å². The third kappa shape index (κ3) is 4.49. The highest BCUT2D eigenvalue weighted by molar-refractivity contribution is 6.32.